The van der Waals surface area contributed by atoms with E-state index in [0.29, 0.717) is 64.5 Å². The van der Waals surface area contributed by atoms with Crippen molar-refractivity contribution in [1.29, 1.82) is 0 Å². The molecule has 18 heteroatoms. The van der Waals surface area contributed by atoms with Gasteiger partial charge in [-0.1, -0.05) is 27.7 Å². The van der Waals surface area contributed by atoms with Crippen LogP contribution >= 0.6 is 0 Å². The topological polar surface area (TPSA) is 149 Å². The number of likely N-dealkylation sites (tertiary alicyclic amines) is 1. The molecule has 3 fully saturated rings. The Hall–Kier alpha value is -4.35. The minimum atomic E-state index is -6.16. The van der Waals surface area contributed by atoms with Gasteiger partial charge in [-0.05, 0) is 48.9 Å². The number of hydrogen-bond donors (Lipinski definition) is 2. The lowest BCUT2D eigenvalue weighted by molar-refractivity contribution is -0.270. The monoisotopic (exact) mass is 744 g/mol. The average molecular weight is 745 g/mol. The zero-order valence-corrected chi connectivity index (χ0v) is 29.5. The van der Waals surface area contributed by atoms with Crippen molar-refractivity contribution in [3.63, 3.8) is 0 Å². The minimum Gasteiger partial charge on any atom is -0.378 e. The molecule has 4 rings (SSSR count). The maximum Gasteiger partial charge on any atom is 0.461 e. The number of nitrogens with zero attached hydrogens (tertiary/aromatic N) is 4. The van der Waals surface area contributed by atoms with Crippen LogP contribution < -0.4 is 10.6 Å². The fraction of sp³-hybridized carbons (Fsp3) is 0.647. The van der Waals surface area contributed by atoms with Gasteiger partial charge in [-0.2, -0.15) is 22.0 Å². The molecule has 288 valence electrons. The Kier molecular flexibility index (Phi) is 12.9. The van der Waals surface area contributed by atoms with Crippen molar-refractivity contribution >= 4 is 35.4 Å². The zero-order chi connectivity index (χ0) is 38.5. The second kappa shape index (κ2) is 16.5. The first-order valence-electron chi connectivity index (χ1n) is 17.3. The number of ether oxygens (including phenoxy) is 1. The summed E-state index contributed by atoms with van der Waals surface area (Å²) in [7, 11) is 0. The number of alkyl halides is 5. The first-order valence-corrected chi connectivity index (χ1v) is 17.3. The normalized spacial score (nSPS) is 19.8. The predicted molar refractivity (Wildman–Crippen MR) is 175 cm³/mol. The SMILES string of the molecule is CC(C)C(NC(=O)[C@@H]1CCCN1C(=O)[C@@H](NC(=O)c1ccc(C(=O)N2CCN(C(=O)N3CCOCC3)CC2)cc1)C(C)C)C(=O)C(F)(F)C(F)(F)F. The van der Waals surface area contributed by atoms with Crippen molar-refractivity contribution in [1.82, 2.24) is 30.2 Å². The summed E-state index contributed by atoms with van der Waals surface area (Å²) in [5.41, 5.74) is 0.452. The number of hydrogen-bond acceptors (Lipinski definition) is 7. The van der Waals surface area contributed by atoms with Crippen LogP contribution in [0.25, 0.3) is 0 Å². The first kappa shape index (κ1) is 40.4. The molecule has 0 aliphatic carbocycles. The standard InChI is InChI=1S/C34H45F5N6O7/c1-20(2)25(27(46)33(35,36)34(37,38)39)40-29(48)24-6-5-11-45(24)31(50)26(21(3)4)41-28(47)22-7-9-23(10-8-22)30(49)42-12-14-43(15-13-42)32(51)44-16-18-52-19-17-44/h7-10,20-21,24-26H,5-6,11-19H2,1-4H3,(H,40,48)(H,41,47)/t24-,25?,26-/m0/s1. The summed E-state index contributed by atoms with van der Waals surface area (Å²) in [5.74, 6) is -12.5. The number of ketones is 1. The van der Waals surface area contributed by atoms with Crippen LogP contribution in [0.2, 0.25) is 0 Å². The molecule has 3 aliphatic heterocycles. The number of halogens is 5. The van der Waals surface area contributed by atoms with Crippen LogP contribution in [-0.4, -0.2) is 144 Å². The molecule has 52 heavy (non-hydrogen) atoms. The van der Waals surface area contributed by atoms with Crippen molar-refractivity contribution in [2.75, 3.05) is 59.0 Å². The van der Waals surface area contributed by atoms with Gasteiger partial charge in [0, 0.05) is 56.9 Å². The Morgan fingerprint density at radius 1 is 0.712 bits per heavy atom. The van der Waals surface area contributed by atoms with Gasteiger partial charge in [0.15, 0.2) is 0 Å². The third-order valence-corrected chi connectivity index (χ3v) is 9.48. The molecular formula is C34H45F5N6O7. The van der Waals surface area contributed by atoms with Crippen molar-refractivity contribution < 1.29 is 55.5 Å². The fourth-order valence-electron chi connectivity index (χ4n) is 6.34. The van der Waals surface area contributed by atoms with E-state index in [2.05, 4.69) is 5.32 Å². The van der Waals surface area contributed by atoms with Gasteiger partial charge in [-0.3, -0.25) is 24.0 Å². The summed E-state index contributed by atoms with van der Waals surface area (Å²) < 4.78 is 71.8. The molecule has 3 saturated heterocycles. The number of carbonyl (C=O) groups is 6. The molecule has 2 N–H and O–H groups in total. The molecule has 0 aromatic heterocycles. The highest BCUT2D eigenvalue weighted by Gasteiger charge is 2.65. The molecule has 3 heterocycles. The molecule has 3 aliphatic rings. The third-order valence-electron chi connectivity index (χ3n) is 9.48. The van der Waals surface area contributed by atoms with Crippen molar-refractivity contribution in [2.45, 2.75) is 70.8 Å². The van der Waals surface area contributed by atoms with Crippen LogP contribution in [0.1, 0.15) is 61.3 Å². The summed E-state index contributed by atoms with van der Waals surface area (Å²) in [6.45, 7) is 9.17. The number of carbonyl (C=O) groups excluding carboxylic acids is 6. The van der Waals surface area contributed by atoms with Gasteiger partial charge in [0.1, 0.15) is 12.1 Å². The highest BCUT2D eigenvalue weighted by molar-refractivity contribution is 6.01. The van der Waals surface area contributed by atoms with Crippen molar-refractivity contribution in [3.05, 3.63) is 35.4 Å². The van der Waals surface area contributed by atoms with E-state index in [-0.39, 0.29) is 30.5 Å². The van der Waals surface area contributed by atoms with E-state index in [9.17, 15) is 50.7 Å². The number of benzene rings is 1. The maximum absolute atomic E-state index is 13.9. The Balaban J connectivity index is 1.36. The number of nitrogens with one attached hydrogen (secondary N) is 2. The molecule has 1 unspecified atom stereocenters. The van der Waals surface area contributed by atoms with Crippen LogP contribution in [-0.2, 0) is 19.1 Å². The summed E-state index contributed by atoms with van der Waals surface area (Å²) in [6.07, 6.45) is -5.80. The van der Waals surface area contributed by atoms with Crippen LogP contribution in [0.4, 0.5) is 26.7 Å². The van der Waals surface area contributed by atoms with Crippen LogP contribution in [0.3, 0.4) is 0 Å². The highest BCUT2D eigenvalue weighted by Crippen LogP contribution is 2.37. The number of urea groups is 1. The number of piperazine rings is 1. The fourth-order valence-corrected chi connectivity index (χ4v) is 6.34. The van der Waals surface area contributed by atoms with Crippen LogP contribution in [0.5, 0.6) is 0 Å². The zero-order valence-electron chi connectivity index (χ0n) is 29.5. The predicted octanol–water partition coefficient (Wildman–Crippen LogP) is 2.55. The van der Waals surface area contributed by atoms with E-state index in [0.717, 1.165) is 4.90 Å². The van der Waals surface area contributed by atoms with E-state index in [4.69, 9.17) is 4.74 Å². The molecule has 0 spiro atoms. The lowest BCUT2D eigenvalue weighted by Crippen LogP contribution is -2.60. The van der Waals surface area contributed by atoms with Crippen LogP contribution in [0.15, 0.2) is 24.3 Å². The first-order chi connectivity index (χ1) is 24.3. The quantitative estimate of drug-likeness (QED) is 0.350. The Morgan fingerprint density at radius 3 is 1.77 bits per heavy atom. The second-order valence-electron chi connectivity index (χ2n) is 13.8. The maximum atomic E-state index is 13.9. The molecule has 6 amide bonds. The molecule has 13 nitrogen and oxygen atoms in total. The summed E-state index contributed by atoms with van der Waals surface area (Å²) in [6, 6.07) is 1.11. The Morgan fingerprint density at radius 2 is 1.23 bits per heavy atom. The smallest absolute Gasteiger partial charge is 0.378 e. The Labute approximate surface area is 298 Å². The van der Waals surface area contributed by atoms with E-state index in [1.807, 2.05) is 5.32 Å². The number of rotatable bonds is 10. The number of Topliss-reactive ketones (excluding diaryl/α,β-unsaturated/α-hetero) is 1. The van der Waals surface area contributed by atoms with Gasteiger partial charge >= 0.3 is 18.1 Å². The van der Waals surface area contributed by atoms with Gasteiger partial charge in [-0.15, -0.1) is 0 Å². The third kappa shape index (κ3) is 8.98. The van der Waals surface area contributed by atoms with Gasteiger partial charge in [0.25, 0.3) is 11.8 Å². The molecule has 0 bridgehead atoms. The highest BCUT2D eigenvalue weighted by atomic mass is 19.4. The Bertz CT molecular complexity index is 1490. The minimum absolute atomic E-state index is 0.0431. The molecule has 0 saturated carbocycles. The molecule has 1 aromatic carbocycles. The van der Waals surface area contributed by atoms with E-state index in [1.54, 1.807) is 28.5 Å². The van der Waals surface area contributed by atoms with Gasteiger partial charge in [-0.25, -0.2) is 4.79 Å². The van der Waals surface area contributed by atoms with Gasteiger partial charge in [0.2, 0.25) is 17.6 Å². The molecular weight excluding hydrogens is 699 g/mol. The largest absolute Gasteiger partial charge is 0.461 e. The van der Waals surface area contributed by atoms with Gasteiger partial charge in [0.05, 0.1) is 19.3 Å². The van der Waals surface area contributed by atoms with Crippen molar-refractivity contribution in [2.24, 2.45) is 11.8 Å². The summed E-state index contributed by atoms with van der Waals surface area (Å²) >= 11 is 0. The second-order valence-corrected chi connectivity index (χ2v) is 13.8. The summed E-state index contributed by atoms with van der Waals surface area (Å²) in [4.78, 5) is 84.5. The van der Waals surface area contributed by atoms with E-state index >= 15 is 0 Å². The molecule has 1 aromatic rings. The number of morpholine rings is 1. The number of amides is 6. The molecule has 3 atom stereocenters. The van der Waals surface area contributed by atoms with E-state index in [1.165, 1.54) is 38.1 Å². The lowest BCUT2D eigenvalue weighted by atomic mass is 9.95. The lowest BCUT2D eigenvalue weighted by Gasteiger charge is -2.38. The molecule has 0 radical (unpaired) electrons. The van der Waals surface area contributed by atoms with Gasteiger partial charge < -0.3 is 35.0 Å². The summed E-state index contributed by atoms with van der Waals surface area (Å²) in [5, 5.41) is 4.66. The average Bonchev–Trinajstić information content (AvgIpc) is 3.62. The van der Waals surface area contributed by atoms with E-state index < -0.39 is 65.6 Å². The van der Waals surface area contributed by atoms with Crippen LogP contribution in [0, 0.1) is 11.8 Å². The van der Waals surface area contributed by atoms with Crippen molar-refractivity contribution in [3.8, 4) is 0 Å².